The summed E-state index contributed by atoms with van der Waals surface area (Å²) in [5, 5.41) is 2.93. The van der Waals surface area contributed by atoms with Crippen LogP contribution in [-0.4, -0.2) is 21.1 Å². The van der Waals surface area contributed by atoms with Gasteiger partial charge in [-0.1, -0.05) is 30.8 Å². The largest absolute Gasteiger partial charge is 0.325 e. The Kier molecular flexibility index (Phi) is 5.16. The topological polar surface area (TPSA) is 74.8 Å². The molecule has 0 aliphatic carbocycles. The number of amides is 1. The van der Waals surface area contributed by atoms with Crippen LogP contribution in [0.2, 0.25) is 0 Å². The number of rotatable bonds is 5. The summed E-state index contributed by atoms with van der Waals surface area (Å²) in [5.74, 6) is -0.129. The second-order valence-electron chi connectivity index (χ2n) is 4.54. The Morgan fingerprint density at radius 3 is 2.67 bits per heavy atom. The van der Waals surface area contributed by atoms with Crippen molar-refractivity contribution in [2.24, 2.45) is 0 Å². The number of nitrogens with one attached hydrogen (secondary N) is 2. The van der Waals surface area contributed by atoms with Gasteiger partial charge in [0.05, 0.1) is 5.25 Å². The number of carbonyl (C=O) groups is 1. The molecule has 0 radical (unpaired) electrons. The molecule has 2 rings (SSSR count). The fourth-order valence-electron chi connectivity index (χ4n) is 1.70. The van der Waals surface area contributed by atoms with E-state index >= 15 is 0 Å². The molecule has 0 saturated heterocycles. The summed E-state index contributed by atoms with van der Waals surface area (Å²) in [7, 11) is 0. The van der Waals surface area contributed by atoms with Crippen LogP contribution in [-0.2, 0) is 11.2 Å². The Morgan fingerprint density at radius 1 is 1.33 bits per heavy atom. The van der Waals surface area contributed by atoms with E-state index in [1.807, 2.05) is 24.3 Å². The molecule has 0 spiro atoms. The van der Waals surface area contributed by atoms with E-state index < -0.39 is 0 Å². The lowest BCUT2D eigenvalue weighted by Gasteiger charge is -2.11. The van der Waals surface area contributed by atoms with E-state index in [2.05, 4.69) is 22.2 Å². The van der Waals surface area contributed by atoms with Crippen molar-refractivity contribution in [3.05, 3.63) is 52.4 Å². The Labute approximate surface area is 127 Å². The van der Waals surface area contributed by atoms with E-state index in [1.54, 1.807) is 6.92 Å². The van der Waals surface area contributed by atoms with Crippen molar-refractivity contribution in [1.82, 2.24) is 9.97 Å². The van der Waals surface area contributed by atoms with Crippen LogP contribution < -0.4 is 10.9 Å². The van der Waals surface area contributed by atoms with Gasteiger partial charge in [0, 0.05) is 18.0 Å². The highest BCUT2D eigenvalue weighted by Crippen LogP contribution is 2.19. The zero-order valence-corrected chi connectivity index (χ0v) is 12.7. The monoisotopic (exact) mass is 303 g/mol. The zero-order valence-electron chi connectivity index (χ0n) is 11.9. The van der Waals surface area contributed by atoms with Crippen molar-refractivity contribution < 1.29 is 4.79 Å². The minimum atomic E-state index is -0.360. The molecule has 6 heteroatoms. The van der Waals surface area contributed by atoms with Gasteiger partial charge in [-0.05, 0) is 31.0 Å². The maximum Gasteiger partial charge on any atom is 0.251 e. The smallest absolute Gasteiger partial charge is 0.251 e. The van der Waals surface area contributed by atoms with Gasteiger partial charge < -0.3 is 10.3 Å². The number of aromatic amines is 1. The third-order valence-corrected chi connectivity index (χ3v) is 3.93. The molecule has 1 amide bonds. The summed E-state index contributed by atoms with van der Waals surface area (Å²) in [5.41, 5.74) is 1.76. The SMILES string of the molecule is CCc1ccc(NC(=O)C(C)Sc2nccc(=O)[nH]2)cc1. The first-order valence-electron chi connectivity index (χ1n) is 6.70. The Balaban J connectivity index is 1.97. The third kappa shape index (κ3) is 4.46. The Bertz CT molecular complexity index is 667. The molecule has 1 heterocycles. The van der Waals surface area contributed by atoms with Crippen LogP contribution in [0.1, 0.15) is 19.4 Å². The van der Waals surface area contributed by atoms with Gasteiger partial charge in [-0.2, -0.15) is 0 Å². The number of H-pyrrole nitrogens is 1. The maximum atomic E-state index is 12.1. The number of benzene rings is 1. The van der Waals surface area contributed by atoms with Crippen LogP contribution in [0.4, 0.5) is 5.69 Å². The quantitative estimate of drug-likeness (QED) is 0.657. The van der Waals surface area contributed by atoms with Crippen molar-refractivity contribution >= 4 is 23.4 Å². The number of carbonyl (C=O) groups excluding carboxylic acids is 1. The molecule has 0 bridgehead atoms. The number of hydrogen-bond donors (Lipinski definition) is 2. The summed E-state index contributed by atoms with van der Waals surface area (Å²) >= 11 is 1.21. The highest BCUT2D eigenvalue weighted by atomic mass is 32.2. The number of thioether (sulfide) groups is 1. The average molecular weight is 303 g/mol. The highest BCUT2D eigenvalue weighted by molar-refractivity contribution is 8.00. The minimum absolute atomic E-state index is 0.129. The van der Waals surface area contributed by atoms with Crippen LogP contribution in [0.15, 0.2) is 46.5 Å². The Hall–Kier alpha value is -2.08. The van der Waals surface area contributed by atoms with Gasteiger partial charge in [-0.15, -0.1) is 0 Å². The van der Waals surface area contributed by atoms with Gasteiger partial charge in [0.15, 0.2) is 5.16 Å². The molecule has 0 fully saturated rings. The number of nitrogens with zero attached hydrogens (tertiary/aromatic N) is 1. The first kappa shape index (κ1) is 15.3. The van der Waals surface area contributed by atoms with E-state index in [-0.39, 0.29) is 16.7 Å². The van der Waals surface area contributed by atoms with Crippen LogP contribution in [0.5, 0.6) is 0 Å². The minimum Gasteiger partial charge on any atom is -0.325 e. The summed E-state index contributed by atoms with van der Waals surface area (Å²) in [6, 6.07) is 9.09. The van der Waals surface area contributed by atoms with E-state index in [0.29, 0.717) is 5.16 Å². The van der Waals surface area contributed by atoms with Gasteiger partial charge in [0.1, 0.15) is 0 Å². The molecule has 1 atom stereocenters. The maximum absolute atomic E-state index is 12.1. The second kappa shape index (κ2) is 7.08. The number of aryl methyl sites for hydroxylation is 1. The lowest BCUT2D eigenvalue weighted by Crippen LogP contribution is -2.23. The van der Waals surface area contributed by atoms with Gasteiger partial charge in [0.2, 0.25) is 5.91 Å². The molecule has 0 saturated carbocycles. The van der Waals surface area contributed by atoms with Crippen molar-refractivity contribution in [2.45, 2.75) is 30.7 Å². The molecule has 0 aliphatic rings. The van der Waals surface area contributed by atoms with E-state index in [9.17, 15) is 9.59 Å². The van der Waals surface area contributed by atoms with Gasteiger partial charge >= 0.3 is 0 Å². The molecule has 2 N–H and O–H groups in total. The van der Waals surface area contributed by atoms with Crippen molar-refractivity contribution in [3.63, 3.8) is 0 Å². The Morgan fingerprint density at radius 2 is 2.05 bits per heavy atom. The fraction of sp³-hybridized carbons (Fsp3) is 0.267. The summed E-state index contributed by atoms with van der Waals surface area (Å²) in [6.07, 6.45) is 2.39. The van der Waals surface area contributed by atoms with E-state index in [4.69, 9.17) is 0 Å². The number of hydrogen-bond acceptors (Lipinski definition) is 4. The molecule has 1 unspecified atom stereocenters. The van der Waals surface area contributed by atoms with Gasteiger partial charge in [-0.3, -0.25) is 9.59 Å². The molecule has 1 aromatic heterocycles. The highest BCUT2D eigenvalue weighted by Gasteiger charge is 2.15. The summed E-state index contributed by atoms with van der Waals surface area (Å²) in [6.45, 7) is 3.85. The van der Waals surface area contributed by atoms with Crippen LogP contribution in [0.25, 0.3) is 0 Å². The van der Waals surface area contributed by atoms with Gasteiger partial charge in [0.25, 0.3) is 5.56 Å². The lowest BCUT2D eigenvalue weighted by molar-refractivity contribution is -0.115. The average Bonchev–Trinajstić information content (AvgIpc) is 2.48. The predicted octanol–water partition coefficient (Wildman–Crippen LogP) is 2.45. The molecule has 110 valence electrons. The van der Waals surface area contributed by atoms with Crippen LogP contribution in [0.3, 0.4) is 0 Å². The van der Waals surface area contributed by atoms with Crippen LogP contribution >= 0.6 is 11.8 Å². The summed E-state index contributed by atoms with van der Waals surface area (Å²) < 4.78 is 0. The molecule has 21 heavy (non-hydrogen) atoms. The normalized spacial score (nSPS) is 11.9. The fourth-order valence-corrected chi connectivity index (χ4v) is 2.48. The first-order chi connectivity index (χ1) is 10.1. The number of anilines is 1. The number of aromatic nitrogens is 2. The third-order valence-electron chi connectivity index (χ3n) is 2.94. The second-order valence-corrected chi connectivity index (χ2v) is 5.87. The summed E-state index contributed by atoms with van der Waals surface area (Å²) in [4.78, 5) is 29.9. The molecule has 1 aromatic carbocycles. The molecular weight excluding hydrogens is 286 g/mol. The molecule has 5 nitrogen and oxygen atoms in total. The molecule has 2 aromatic rings. The van der Waals surface area contributed by atoms with Crippen LogP contribution in [0, 0.1) is 0 Å². The lowest BCUT2D eigenvalue weighted by atomic mass is 10.1. The zero-order chi connectivity index (χ0) is 15.2. The molecular formula is C15H17N3O2S. The predicted molar refractivity (Wildman–Crippen MR) is 84.6 cm³/mol. The van der Waals surface area contributed by atoms with E-state index in [0.717, 1.165) is 12.1 Å². The van der Waals surface area contributed by atoms with Gasteiger partial charge in [-0.25, -0.2) is 4.98 Å². The molecule has 0 aliphatic heterocycles. The standard InChI is InChI=1S/C15H17N3O2S/c1-3-11-4-6-12(7-5-11)17-14(20)10(2)21-15-16-9-8-13(19)18-15/h4-10H,3H2,1-2H3,(H,17,20)(H,16,18,19). The van der Waals surface area contributed by atoms with E-state index in [1.165, 1.54) is 29.6 Å². The first-order valence-corrected chi connectivity index (χ1v) is 7.58. The van der Waals surface area contributed by atoms with Crippen molar-refractivity contribution in [2.75, 3.05) is 5.32 Å². The van der Waals surface area contributed by atoms with Crippen molar-refractivity contribution in [1.29, 1.82) is 0 Å². The van der Waals surface area contributed by atoms with Crippen molar-refractivity contribution in [3.8, 4) is 0 Å².